The van der Waals surface area contributed by atoms with Crippen molar-refractivity contribution >= 4 is 38.5 Å². The van der Waals surface area contributed by atoms with Gasteiger partial charge in [-0.15, -0.1) is 0 Å². The lowest BCUT2D eigenvalue weighted by molar-refractivity contribution is 0.111. The second-order valence-electron chi connectivity index (χ2n) is 7.02. The Kier molecular flexibility index (Phi) is 5.58. The quantitative estimate of drug-likeness (QED) is 0.663. The van der Waals surface area contributed by atoms with Gasteiger partial charge in [0.2, 0.25) is 5.82 Å². The number of halogens is 1. The molecule has 1 aliphatic rings. The van der Waals surface area contributed by atoms with Crippen molar-refractivity contribution in [3.63, 3.8) is 0 Å². The summed E-state index contributed by atoms with van der Waals surface area (Å²) in [5.41, 5.74) is 1.20. The second-order valence-corrected chi connectivity index (χ2v) is 9.08. The average molecular weight is 433 g/mol. The maximum atomic E-state index is 12.9. The van der Waals surface area contributed by atoms with Crippen LogP contribution in [0.5, 0.6) is 5.88 Å². The van der Waals surface area contributed by atoms with Gasteiger partial charge in [0.15, 0.2) is 0 Å². The van der Waals surface area contributed by atoms with Crippen LogP contribution in [0.1, 0.15) is 12.8 Å². The number of nitrogens with one attached hydrogen (secondary N) is 1. The molecule has 152 valence electrons. The number of likely N-dealkylation sites (tertiary alicyclic amines) is 1. The molecule has 4 rings (SSSR count). The lowest BCUT2D eigenvalue weighted by Crippen LogP contribution is -2.36. The number of hydrogen-bond acceptors (Lipinski definition) is 6. The molecule has 3 aromatic rings. The van der Waals surface area contributed by atoms with Gasteiger partial charge >= 0.3 is 0 Å². The van der Waals surface area contributed by atoms with E-state index < -0.39 is 10.0 Å². The topological polar surface area (TPSA) is 84.4 Å². The maximum Gasteiger partial charge on any atom is 0.264 e. The lowest BCUT2D eigenvalue weighted by Gasteiger charge is -2.29. The Bertz CT molecular complexity index is 1130. The molecule has 2 heterocycles. The van der Waals surface area contributed by atoms with E-state index in [-0.39, 0.29) is 27.7 Å². The van der Waals surface area contributed by atoms with Crippen molar-refractivity contribution in [3.8, 4) is 5.88 Å². The molecule has 2 aromatic carbocycles. The molecule has 9 heteroatoms. The molecule has 0 bridgehead atoms. The van der Waals surface area contributed by atoms with E-state index in [2.05, 4.69) is 26.6 Å². The monoisotopic (exact) mass is 432 g/mol. The zero-order chi connectivity index (χ0) is 20.4. The van der Waals surface area contributed by atoms with Crippen LogP contribution >= 0.6 is 11.6 Å². The highest BCUT2D eigenvalue weighted by Crippen LogP contribution is 2.30. The van der Waals surface area contributed by atoms with Gasteiger partial charge in [-0.1, -0.05) is 35.9 Å². The molecule has 0 amide bonds. The van der Waals surface area contributed by atoms with Gasteiger partial charge in [-0.25, -0.2) is 18.4 Å². The van der Waals surface area contributed by atoms with Crippen LogP contribution in [0.4, 0.5) is 5.82 Å². The van der Waals surface area contributed by atoms with Crippen molar-refractivity contribution in [2.45, 2.75) is 23.8 Å². The van der Waals surface area contributed by atoms with Gasteiger partial charge in [-0.2, -0.15) is 0 Å². The summed E-state index contributed by atoms with van der Waals surface area (Å²) in [6.07, 6.45) is 1.62. The van der Waals surface area contributed by atoms with Crippen LogP contribution in [0.2, 0.25) is 5.02 Å². The third-order valence-corrected chi connectivity index (χ3v) is 6.68. The van der Waals surface area contributed by atoms with E-state index in [4.69, 9.17) is 16.3 Å². The molecule has 0 atom stereocenters. The second kappa shape index (κ2) is 8.14. The van der Waals surface area contributed by atoms with Crippen LogP contribution in [-0.2, 0) is 10.0 Å². The minimum Gasteiger partial charge on any atom is -0.472 e. The molecular weight excluding hydrogens is 412 g/mol. The summed E-state index contributed by atoms with van der Waals surface area (Å²) in [5, 5.41) is 0.131. The smallest absolute Gasteiger partial charge is 0.264 e. The van der Waals surface area contributed by atoms with Crippen LogP contribution in [0, 0.1) is 0 Å². The molecule has 1 saturated heterocycles. The Labute approximate surface area is 174 Å². The molecule has 1 N–H and O–H groups in total. The van der Waals surface area contributed by atoms with E-state index >= 15 is 0 Å². The molecule has 0 aliphatic carbocycles. The molecule has 0 spiro atoms. The number of fused-ring (bicyclic) bond motifs is 1. The molecule has 1 aromatic heterocycles. The summed E-state index contributed by atoms with van der Waals surface area (Å²) in [7, 11) is -1.89. The normalized spacial score (nSPS) is 16.1. The van der Waals surface area contributed by atoms with Crippen molar-refractivity contribution in [2.75, 3.05) is 24.9 Å². The Morgan fingerprint density at radius 2 is 1.66 bits per heavy atom. The van der Waals surface area contributed by atoms with Crippen LogP contribution in [0.15, 0.2) is 53.4 Å². The molecule has 0 saturated carbocycles. The fourth-order valence-electron chi connectivity index (χ4n) is 3.24. The standard InChI is InChI=1S/C20H21ClN4O3S/c1-25-12-10-14(11-13-25)28-20-19(22-16-7-3-4-8-17(16)23-20)24-29(26,27)18-9-5-2-6-15(18)21/h2-9,14H,10-13H2,1H3,(H,22,24). The largest absolute Gasteiger partial charge is 0.472 e. The minimum atomic E-state index is -3.96. The number of anilines is 1. The van der Waals surface area contributed by atoms with Crippen molar-refractivity contribution in [2.24, 2.45) is 0 Å². The van der Waals surface area contributed by atoms with Crippen LogP contribution in [0.25, 0.3) is 11.0 Å². The SMILES string of the molecule is CN1CCC(Oc2nc3ccccc3nc2NS(=O)(=O)c2ccccc2Cl)CC1. The molecule has 1 fully saturated rings. The maximum absolute atomic E-state index is 12.9. The molecule has 0 radical (unpaired) electrons. The van der Waals surface area contributed by atoms with Gasteiger partial charge in [0.05, 0.1) is 16.1 Å². The van der Waals surface area contributed by atoms with E-state index in [1.165, 1.54) is 12.1 Å². The third kappa shape index (κ3) is 4.44. The summed E-state index contributed by atoms with van der Waals surface area (Å²) in [6, 6.07) is 13.5. The van der Waals surface area contributed by atoms with E-state index in [1.54, 1.807) is 18.2 Å². The Morgan fingerprint density at radius 3 is 2.34 bits per heavy atom. The highest BCUT2D eigenvalue weighted by Gasteiger charge is 2.25. The summed E-state index contributed by atoms with van der Waals surface area (Å²) >= 11 is 6.09. The van der Waals surface area contributed by atoms with E-state index in [9.17, 15) is 8.42 Å². The number of benzene rings is 2. The number of piperidine rings is 1. The predicted octanol–water partition coefficient (Wildman–Crippen LogP) is 3.56. The van der Waals surface area contributed by atoms with Crippen molar-refractivity contribution < 1.29 is 13.2 Å². The van der Waals surface area contributed by atoms with Crippen LogP contribution in [-0.4, -0.2) is 49.5 Å². The zero-order valence-corrected chi connectivity index (χ0v) is 17.4. The number of sulfonamides is 1. The molecule has 29 heavy (non-hydrogen) atoms. The van der Waals surface area contributed by atoms with E-state index in [1.807, 2.05) is 18.2 Å². The number of hydrogen-bond donors (Lipinski definition) is 1. The first-order valence-electron chi connectivity index (χ1n) is 9.32. The van der Waals surface area contributed by atoms with Gasteiger partial charge in [-0.05, 0) is 44.2 Å². The highest BCUT2D eigenvalue weighted by molar-refractivity contribution is 7.92. The summed E-state index contributed by atoms with van der Waals surface area (Å²) < 4.78 is 34.4. The number of rotatable bonds is 5. The van der Waals surface area contributed by atoms with Crippen molar-refractivity contribution in [1.82, 2.24) is 14.9 Å². The first-order valence-corrected chi connectivity index (χ1v) is 11.2. The van der Waals surface area contributed by atoms with Crippen molar-refractivity contribution in [3.05, 3.63) is 53.6 Å². The number of para-hydroxylation sites is 2. The van der Waals surface area contributed by atoms with Crippen LogP contribution < -0.4 is 9.46 Å². The van der Waals surface area contributed by atoms with Gasteiger partial charge < -0.3 is 9.64 Å². The first kappa shape index (κ1) is 19.9. The minimum absolute atomic E-state index is 0.0260. The lowest BCUT2D eigenvalue weighted by atomic mass is 10.1. The summed E-state index contributed by atoms with van der Waals surface area (Å²) in [5.74, 6) is 0.233. The van der Waals surface area contributed by atoms with Crippen molar-refractivity contribution in [1.29, 1.82) is 0 Å². The molecule has 1 aliphatic heterocycles. The summed E-state index contributed by atoms with van der Waals surface area (Å²) in [4.78, 5) is 11.2. The number of ether oxygens (including phenoxy) is 1. The Hall–Kier alpha value is -2.42. The molecular formula is C20H21ClN4O3S. The number of aromatic nitrogens is 2. The van der Waals surface area contributed by atoms with Gasteiger partial charge in [0, 0.05) is 13.1 Å². The highest BCUT2D eigenvalue weighted by atomic mass is 35.5. The predicted molar refractivity (Wildman–Crippen MR) is 113 cm³/mol. The Balaban J connectivity index is 1.71. The van der Waals surface area contributed by atoms with Gasteiger partial charge in [0.25, 0.3) is 15.9 Å². The van der Waals surface area contributed by atoms with Gasteiger partial charge in [0.1, 0.15) is 11.0 Å². The Morgan fingerprint density at radius 1 is 1.03 bits per heavy atom. The van der Waals surface area contributed by atoms with Crippen LogP contribution in [0.3, 0.4) is 0 Å². The van der Waals surface area contributed by atoms with Gasteiger partial charge in [-0.3, -0.25) is 4.72 Å². The third-order valence-electron chi connectivity index (χ3n) is 4.84. The fourth-order valence-corrected chi connectivity index (χ4v) is 4.76. The fraction of sp³-hybridized carbons (Fsp3) is 0.300. The average Bonchev–Trinajstić information content (AvgIpc) is 2.70. The number of nitrogens with zero attached hydrogens (tertiary/aromatic N) is 3. The van der Waals surface area contributed by atoms with E-state index in [0.717, 1.165) is 25.9 Å². The molecule has 7 nitrogen and oxygen atoms in total. The zero-order valence-electron chi connectivity index (χ0n) is 15.9. The van der Waals surface area contributed by atoms with E-state index in [0.29, 0.717) is 11.0 Å². The first-order chi connectivity index (χ1) is 13.9. The molecule has 0 unspecified atom stereocenters. The summed E-state index contributed by atoms with van der Waals surface area (Å²) in [6.45, 7) is 1.82.